The molecule has 3 rings (SSSR count). The van der Waals surface area contributed by atoms with E-state index in [4.69, 9.17) is 4.74 Å². The van der Waals surface area contributed by atoms with Crippen molar-refractivity contribution < 1.29 is 4.74 Å². The molecule has 1 saturated heterocycles. The first-order chi connectivity index (χ1) is 13.4. The molecule has 0 bridgehead atoms. The van der Waals surface area contributed by atoms with Gasteiger partial charge in [0.15, 0.2) is 0 Å². The van der Waals surface area contributed by atoms with Crippen molar-refractivity contribution >= 4 is 12.4 Å². The minimum Gasteiger partial charge on any atom is -0.381 e. The molecule has 0 saturated carbocycles. The number of ether oxygens (including phenoxy) is 1. The number of hydrogen-bond acceptors (Lipinski definition) is 4. The van der Waals surface area contributed by atoms with Crippen LogP contribution < -0.4 is 5.56 Å². The van der Waals surface area contributed by atoms with E-state index in [1.165, 1.54) is 5.56 Å². The molecular formula is C23H34ClN3O2. The van der Waals surface area contributed by atoms with Gasteiger partial charge in [-0.2, -0.15) is 0 Å². The molecule has 160 valence electrons. The molecule has 6 heteroatoms. The summed E-state index contributed by atoms with van der Waals surface area (Å²) >= 11 is 0. The standard InChI is InChI=1S/C23H33N3O2.ClH/c1-5-28-18-23(11-14-25-13-7-6-8-21(25)27)12-15-26(17-23)22(3,4)20-10-9-19(2)24-16-20;/h6-10,13,16H,5,11-12,14-15,17-18H2,1-4H3;1H. The van der Waals surface area contributed by atoms with Crippen LogP contribution in [0.15, 0.2) is 47.5 Å². The van der Waals surface area contributed by atoms with Crippen molar-refractivity contribution in [3.05, 3.63) is 64.3 Å². The number of pyridine rings is 2. The zero-order chi connectivity index (χ0) is 20.2. The van der Waals surface area contributed by atoms with Gasteiger partial charge in [0, 0.05) is 54.8 Å². The molecular weight excluding hydrogens is 386 g/mol. The van der Waals surface area contributed by atoms with Gasteiger partial charge in [-0.15, -0.1) is 12.4 Å². The van der Waals surface area contributed by atoms with Crippen molar-refractivity contribution in [3.63, 3.8) is 0 Å². The Morgan fingerprint density at radius 1 is 1.24 bits per heavy atom. The Bertz CT molecular complexity index is 835. The third-order valence-corrected chi connectivity index (χ3v) is 6.24. The maximum absolute atomic E-state index is 12.1. The highest BCUT2D eigenvalue weighted by Gasteiger charge is 2.43. The lowest BCUT2D eigenvalue weighted by molar-refractivity contribution is 0.0357. The number of halogens is 1. The Morgan fingerprint density at radius 3 is 2.69 bits per heavy atom. The summed E-state index contributed by atoms with van der Waals surface area (Å²) in [6.07, 6.45) is 5.90. The van der Waals surface area contributed by atoms with Crippen LogP contribution >= 0.6 is 12.4 Å². The molecule has 0 amide bonds. The quantitative estimate of drug-likeness (QED) is 0.648. The van der Waals surface area contributed by atoms with Crippen molar-refractivity contribution in [2.75, 3.05) is 26.3 Å². The first kappa shape index (κ1) is 23.6. The molecule has 2 aromatic rings. The normalized spacial score (nSPS) is 19.9. The zero-order valence-corrected chi connectivity index (χ0v) is 18.9. The molecule has 1 atom stereocenters. The Balaban J connectivity index is 0.00000300. The molecule has 2 aromatic heterocycles. The second kappa shape index (κ2) is 9.88. The van der Waals surface area contributed by atoms with Gasteiger partial charge in [-0.05, 0) is 64.8 Å². The van der Waals surface area contributed by atoms with Crippen LogP contribution in [0.1, 0.15) is 44.9 Å². The van der Waals surface area contributed by atoms with E-state index < -0.39 is 0 Å². The van der Waals surface area contributed by atoms with E-state index in [-0.39, 0.29) is 28.9 Å². The summed E-state index contributed by atoms with van der Waals surface area (Å²) in [7, 11) is 0. The van der Waals surface area contributed by atoms with Crippen LogP contribution in [0.4, 0.5) is 0 Å². The highest BCUT2D eigenvalue weighted by atomic mass is 35.5. The molecule has 1 aliphatic heterocycles. The van der Waals surface area contributed by atoms with Crippen LogP contribution in [0.3, 0.4) is 0 Å². The Morgan fingerprint density at radius 2 is 2.03 bits per heavy atom. The van der Waals surface area contributed by atoms with Crippen molar-refractivity contribution in [3.8, 4) is 0 Å². The Kier molecular flexibility index (Phi) is 8.03. The van der Waals surface area contributed by atoms with Gasteiger partial charge in [0.1, 0.15) is 0 Å². The number of rotatable bonds is 8. The topological polar surface area (TPSA) is 47.4 Å². The van der Waals surface area contributed by atoms with Crippen LogP contribution in [-0.2, 0) is 16.8 Å². The predicted octanol–water partition coefficient (Wildman–Crippen LogP) is 4.03. The third kappa shape index (κ3) is 5.47. The van der Waals surface area contributed by atoms with E-state index in [1.807, 2.05) is 36.9 Å². The van der Waals surface area contributed by atoms with Crippen LogP contribution in [0, 0.1) is 12.3 Å². The smallest absolute Gasteiger partial charge is 0.250 e. The fraction of sp³-hybridized carbons (Fsp3) is 0.565. The number of hydrogen-bond donors (Lipinski definition) is 0. The summed E-state index contributed by atoms with van der Waals surface area (Å²) in [5.41, 5.74) is 2.33. The molecule has 1 unspecified atom stereocenters. The second-order valence-corrected chi connectivity index (χ2v) is 8.54. The van der Waals surface area contributed by atoms with Gasteiger partial charge in [-0.1, -0.05) is 12.1 Å². The van der Waals surface area contributed by atoms with Crippen LogP contribution in [0.5, 0.6) is 0 Å². The summed E-state index contributed by atoms with van der Waals surface area (Å²) in [4.78, 5) is 19.1. The average molecular weight is 420 g/mol. The Hall–Kier alpha value is -1.69. The van der Waals surface area contributed by atoms with Gasteiger partial charge in [0.2, 0.25) is 5.56 Å². The van der Waals surface area contributed by atoms with E-state index in [2.05, 4.69) is 35.9 Å². The lowest BCUT2D eigenvalue weighted by Gasteiger charge is -2.38. The monoisotopic (exact) mass is 419 g/mol. The molecule has 0 aliphatic carbocycles. The zero-order valence-electron chi connectivity index (χ0n) is 18.1. The van der Waals surface area contributed by atoms with Gasteiger partial charge in [-0.25, -0.2) is 0 Å². The second-order valence-electron chi connectivity index (χ2n) is 8.54. The fourth-order valence-electron chi connectivity index (χ4n) is 4.14. The summed E-state index contributed by atoms with van der Waals surface area (Å²) in [6.45, 7) is 12.8. The van der Waals surface area contributed by atoms with Gasteiger partial charge in [0.25, 0.3) is 0 Å². The maximum atomic E-state index is 12.1. The molecule has 1 fully saturated rings. The molecule has 29 heavy (non-hydrogen) atoms. The van der Waals surface area contributed by atoms with Gasteiger partial charge >= 0.3 is 0 Å². The molecule has 0 N–H and O–H groups in total. The van der Waals surface area contributed by atoms with Crippen molar-refractivity contribution in [2.24, 2.45) is 5.41 Å². The molecule has 0 aromatic carbocycles. The summed E-state index contributed by atoms with van der Waals surface area (Å²) in [5.74, 6) is 0. The van der Waals surface area contributed by atoms with E-state index >= 15 is 0 Å². The SMILES string of the molecule is CCOCC1(CCn2ccccc2=O)CCN(C(C)(C)c2ccc(C)nc2)C1.Cl. The lowest BCUT2D eigenvalue weighted by atomic mass is 9.84. The van der Waals surface area contributed by atoms with E-state index in [1.54, 1.807) is 12.1 Å². The van der Waals surface area contributed by atoms with Crippen molar-refractivity contribution in [1.29, 1.82) is 0 Å². The first-order valence-corrected chi connectivity index (χ1v) is 10.3. The summed E-state index contributed by atoms with van der Waals surface area (Å²) < 4.78 is 7.71. The number of nitrogens with zero attached hydrogens (tertiary/aromatic N) is 3. The van der Waals surface area contributed by atoms with Crippen molar-refractivity contribution in [1.82, 2.24) is 14.5 Å². The summed E-state index contributed by atoms with van der Waals surface area (Å²) in [6, 6.07) is 9.62. The highest BCUT2D eigenvalue weighted by molar-refractivity contribution is 5.85. The highest BCUT2D eigenvalue weighted by Crippen LogP contribution is 2.41. The number of aromatic nitrogens is 2. The third-order valence-electron chi connectivity index (χ3n) is 6.24. The molecule has 0 spiro atoms. The molecule has 3 heterocycles. The number of likely N-dealkylation sites (tertiary alicyclic amines) is 1. The van der Waals surface area contributed by atoms with Gasteiger partial charge < -0.3 is 9.30 Å². The lowest BCUT2D eigenvalue weighted by Crippen LogP contribution is -2.42. The minimum absolute atomic E-state index is 0. The van der Waals surface area contributed by atoms with Crippen molar-refractivity contribution in [2.45, 2.75) is 52.6 Å². The van der Waals surface area contributed by atoms with E-state index in [0.717, 1.165) is 51.4 Å². The van der Waals surface area contributed by atoms with Crippen LogP contribution in [0.25, 0.3) is 0 Å². The largest absolute Gasteiger partial charge is 0.381 e. The predicted molar refractivity (Wildman–Crippen MR) is 120 cm³/mol. The molecule has 0 radical (unpaired) electrons. The minimum atomic E-state index is -0.0851. The average Bonchev–Trinajstić information content (AvgIpc) is 3.12. The maximum Gasteiger partial charge on any atom is 0.250 e. The first-order valence-electron chi connectivity index (χ1n) is 10.3. The van der Waals surface area contributed by atoms with Gasteiger partial charge in [-0.3, -0.25) is 14.7 Å². The summed E-state index contributed by atoms with van der Waals surface area (Å²) in [5, 5.41) is 0. The van der Waals surface area contributed by atoms with E-state index in [0.29, 0.717) is 0 Å². The van der Waals surface area contributed by atoms with Gasteiger partial charge in [0.05, 0.1) is 6.61 Å². The van der Waals surface area contributed by atoms with Crippen LogP contribution in [0.2, 0.25) is 0 Å². The van der Waals surface area contributed by atoms with E-state index in [9.17, 15) is 4.79 Å². The fourth-order valence-corrected chi connectivity index (χ4v) is 4.14. The molecule has 5 nitrogen and oxygen atoms in total. The molecule has 1 aliphatic rings. The Labute approximate surface area is 180 Å². The van der Waals surface area contributed by atoms with Crippen LogP contribution in [-0.4, -0.2) is 40.8 Å². The number of aryl methyl sites for hydroxylation is 2.